The predicted octanol–water partition coefficient (Wildman–Crippen LogP) is 3.71. The zero-order valence-corrected chi connectivity index (χ0v) is 12.8. The van der Waals surface area contributed by atoms with E-state index >= 15 is 0 Å². The molecule has 2 aromatic rings. The molecule has 21 heavy (non-hydrogen) atoms. The van der Waals surface area contributed by atoms with Crippen LogP contribution in [0.3, 0.4) is 0 Å². The van der Waals surface area contributed by atoms with Crippen molar-refractivity contribution in [3.8, 4) is 0 Å². The highest BCUT2D eigenvalue weighted by atomic mass is 16.1. The monoisotopic (exact) mass is 282 g/mol. The first-order valence-corrected chi connectivity index (χ1v) is 7.14. The molecule has 1 amide bonds. The molecule has 2 rings (SSSR count). The van der Waals surface area contributed by atoms with Crippen LogP contribution in [0.2, 0.25) is 0 Å². The smallest absolute Gasteiger partial charge is 0.270 e. The van der Waals surface area contributed by atoms with Gasteiger partial charge in [-0.05, 0) is 12.5 Å². The number of hydrogen-bond acceptors (Lipinski definition) is 2. The Bertz CT molecular complexity index is 574. The summed E-state index contributed by atoms with van der Waals surface area (Å²) in [4.78, 5) is 11.9. The summed E-state index contributed by atoms with van der Waals surface area (Å²) in [7, 11) is 0. The van der Waals surface area contributed by atoms with Gasteiger partial charge in [-0.3, -0.25) is 10.2 Å². The van der Waals surface area contributed by atoms with Crippen LogP contribution in [-0.4, -0.2) is 11.6 Å². The van der Waals surface area contributed by atoms with Crippen LogP contribution in [0.25, 0.3) is 0 Å². The van der Waals surface area contributed by atoms with Gasteiger partial charge in [-0.15, -0.1) is 0 Å². The molecule has 0 bridgehead atoms. The molecule has 0 aliphatic heterocycles. The summed E-state index contributed by atoms with van der Waals surface area (Å²) in [6, 6.07) is 17.0. The summed E-state index contributed by atoms with van der Waals surface area (Å²) < 4.78 is 0. The van der Waals surface area contributed by atoms with Crippen molar-refractivity contribution in [1.29, 1.82) is 5.41 Å². The number of rotatable bonds is 4. The van der Waals surface area contributed by atoms with Gasteiger partial charge in [-0.1, -0.05) is 74.0 Å². The van der Waals surface area contributed by atoms with Crippen molar-refractivity contribution < 1.29 is 4.79 Å². The Hall–Kier alpha value is -2.42. The fourth-order valence-corrected chi connectivity index (χ4v) is 1.72. The number of aryl methyl sites for hydroxylation is 1. The van der Waals surface area contributed by atoms with Gasteiger partial charge in [0.15, 0.2) is 0 Å². The lowest BCUT2D eigenvalue weighted by atomic mass is 10.1. The molecule has 3 heteroatoms. The normalized spacial score (nSPS) is 9.29. The molecule has 0 fully saturated rings. The lowest BCUT2D eigenvalue weighted by molar-refractivity contribution is -0.114. The van der Waals surface area contributed by atoms with Gasteiger partial charge in [0.25, 0.3) is 5.91 Å². The molecular formula is C18H22N2O. The summed E-state index contributed by atoms with van der Waals surface area (Å²) in [5, 5.41) is 10.6. The molecular weight excluding hydrogens is 260 g/mol. The molecule has 0 unspecified atom stereocenters. The number of carbonyl (C=O) groups excluding carboxylic acids is 1. The van der Waals surface area contributed by atoms with Crippen molar-refractivity contribution in [2.75, 3.05) is 0 Å². The predicted molar refractivity (Wildman–Crippen MR) is 87.6 cm³/mol. The zero-order valence-electron chi connectivity index (χ0n) is 12.8. The summed E-state index contributed by atoms with van der Waals surface area (Å²) in [6.07, 6.45) is 0. The van der Waals surface area contributed by atoms with E-state index in [9.17, 15) is 4.79 Å². The van der Waals surface area contributed by atoms with Crippen LogP contribution in [-0.2, 0) is 11.3 Å². The van der Waals surface area contributed by atoms with E-state index in [0.717, 1.165) is 11.1 Å². The van der Waals surface area contributed by atoms with Crippen LogP contribution < -0.4 is 5.32 Å². The topological polar surface area (TPSA) is 53.0 Å². The van der Waals surface area contributed by atoms with Crippen LogP contribution in [0.4, 0.5) is 0 Å². The van der Waals surface area contributed by atoms with Gasteiger partial charge < -0.3 is 5.32 Å². The molecule has 0 aliphatic rings. The van der Waals surface area contributed by atoms with E-state index in [1.807, 2.05) is 63.2 Å². The van der Waals surface area contributed by atoms with E-state index in [4.69, 9.17) is 5.41 Å². The average molecular weight is 282 g/mol. The Morgan fingerprint density at radius 1 is 1.00 bits per heavy atom. The summed E-state index contributed by atoms with van der Waals surface area (Å²) in [6.45, 7) is 6.41. The van der Waals surface area contributed by atoms with Gasteiger partial charge in [0, 0.05) is 12.1 Å². The highest BCUT2D eigenvalue weighted by Crippen LogP contribution is 2.04. The van der Waals surface area contributed by atoms with Crippen LogP contribution in [0.5, 0.6) is 0 Å². The molecule has 0 atom stereocenters. The van der Waals surface area contributed by atoms with Crippen molar-refractivity contribution in [3.05, 3.63) is 71.3 Å². The number of carbonyl (C=O) groups is 1. The largest absolute Gasteiger partial charge is 0.347 e. The SMILES string of the molecule is CC.Cc1ccc(C(=N)C(=O)NCc2ccccc2)cc1. The Labute approximate surface area is 126 Å². The number of nitrogens with one attached hydrogen (secondary N) is 2. The summed E-state index contributed by atoms with van der Waals surface area (Å²) in [5.41, 5.74) is 2.76. The van der Waals surface area contributed by atoms with Gasteiger partial charge in [-0.25, -0.2) is 0 Å². The minimum absolute atomic E-state index is 0.00377. The second-order valence-electron chi connectivity index (χ2n) is 4.41. The van der Waals surface area contributed by atoms with E-state index < -0.39 is 0 Å². The molecule has 110 valence electrons. The Morgan fingerprint density at radius 3 is 2.14 bits per heavy atom. The summed E-state index contributed by atoms with van der Waals surface area (Å²) in [5.74, 6) is -0.354. The van der Waals surface area contributed by atoms with Gasteiger partial charge in [0.1, 0.15) is 5.71 Å². The third-order valence-electron chi connectivity index (χ3n) is 2.86. The maximum absolute atomic E-state index is 11.9. The minimum atomic E-state index is -0.354. The second kappa shape index (κ2) is 8.69. The molecule has 3 nitrogen and oxygen atoms in total. The molecule has 0 aromatic heterocycles. The van der Waals surface area contributed by atoms with Crippen molar-refractivity contribution in [3.63, 3.8) is 0 Å². The second-order valence-corrected chi connectivity index (χ2v) is 4.41. The van der Waals surface area contributed by atoms with Crippen molar-refractivity contribution in [2.24, 2.45) is 0 Å². The Kier molecular flexibility index (Phi) is 6.88. The van der Waals surface area contributed by atoms with Crippen LogP contribution in [0.15, 0.2) is 54.6 Å². The number of hydrogen-bond donors (Lipinski definition) is 2. The maximum atomic E-state index is 11.9. The molecule has 0 heterocycles. The summed E-state index contributed by atoms with van der Waals surface area (Å²) >= 11 is 0. The molecule has 0 aliphatic carbocycles. The molecule has 0 radical (unpaired) electrons. The first-order chi connectivity index (χ1) is 10.2. The highest BCUT2D eigenvalue weighted by molar-refractivity contribution is 6.44. The average Bonchev–Trinajstić information content (AvgIpc) is 2.55. The third-order valence-corrected chi connectivity index (χ3v) is 2.86. The van der Waals surface area contributed by atoms with Gasteiger partial charge in [0.05, 0.1) is 0 Å². The fourth-order valence-electron chi connectivity index (χ4n) is 1.72. The zero-order chi connectivity index (χ0) is 15.7. The van der Waals surface area contributed by atoms with Gasteiger partial charge in [-0.2, -0.15) is 0 Å². The van der Waals surface area contributed by atoms with Crippen molar-refractivity contribution >= 4 is 11.6 Å². The van der Waals surface area contributed by atoms with E-state index in [-0.39, 0.29) is 11.6 Å². The van der Waals surface area contributed by atoms with Crippen LogP contribution in [0.1, 0.15) is 30.5 Å². The fraction of sp³-hybridized carbons (Fsp3) is 0.222. The quantitative estimate of drug-likeness (QED) is 0.825. The first kappa shape index (κ1) is 16.6. The highest BCUT2D eigenvalue weighted by Gasteiger charge is 2.10. The minimum Gasteiger partial charge on any atom is -0.347 e. The Balaban J connectivity index is 0.00000106. The molecule has 2 aromatic carbocycles. The lowest BCUT2D eigenvalue weighted by Gasteiger charge is -2.07. The number of benzene rings is 2. The van der Waals surface area contributed by atoms with E-state index in [1.165, 1.54) is 0 Å². The third kappa shape index (κ3) is 5.22. The molecule has 2 N–H and O–H groups in total. The van der Waals surface area contributed by atoms with E-state index in [0.29, 0.717) is 12.1 Å². The standard InChI is InChI=1S/C16H16N2O.C2H6/c1-12-7-9-14(10-8-12)15(17)16(19)18-11-13-5-3-2-4-6-13;1-2/h2-10,17H,11H2,1H3,(H,18,19);1-2H3. The van der Waals surface area contributed by atoms with Crippen molar-refractivity contribution in [1.82, 2.24) is 5.32 Å². The Morgan fingerprint density at radius 2 is 1.57 bits per heavy atom. The van der Waals surface area contributed by atoms with E-state index in [2.05, 4.69) is 5.32 Å². The van der Waals surface area contributed by atoms with Gasteiger partial charge >= 0.3 is 0 Å². The van der Waals surface area contributed by atoms with Crippen LogP contribution in [0, 0.1) is 12.3 Å². The van der Waals surface area contributed by atoms with E-state index in [1.54, 1.807) is 12.1 Å². The molecule has 0 saturated carbocycles. The van der Waals surface area contributed by atoms with Gasteiger partial charge in [0.2, 0.25) is 0 Å². The number of amides is 1. The molecule has 0 spiro atoms. The molecule has 0 saturated heterocycles. The lowest BCUT2D eigenvalue weighted by Crippen LogP contribution is -2.30. The maximum Gasteiger partial charge on any atom is 0.270 e. The van der Waals surface area contributed by atoms with Crippen molar-refractivity contribution in [2.45, 2.75) is 27.3 Å². The van der Waals surface area contributed by atoms with Crippen LogP contribution >= 0.6 is 0 Å². The first-order valence-electron chi connectivity index (χ1n) is 7.14.